The molecule has 5 nitrogen and oxygen atoms in total. The molecule has 1 amide bonds. The molecule has 0 bridgehead atoms. The summed E-state index contributed by atoms with van der Waals surface area (Å²) in [6.45, 7) is 5.95. The summed E-state index contributed by atoms with van der Waals surface area (Å²) >= 11 is 0. The lowest BCUT2D eigenvalue weighted by Crippen LogP contribution is -2.32. The quantitative estimate of drug-likeness (QED) is 0.943. The molecule has 2 heterocycles. The molecule has 22 heavy (non-hydrogen) atoms. The van der Waals surface area contributed by atoms with Crippen LogP contribution >= 0.6 is 0 Å². The average Bonchev–Trinajstić information content (AvgIpc) is 2.89. The number of fused-ring (bicyclic) bond motifs is 1. The smallest absolute Gasteiger partial charge is 0.217 e. The van der Waals surface area contributed by atoms with Gasteiger partial charge in [0.1, 0.15) is 11.9 Å². The SMILES string of the molecule is CC(=O)NCC1Cc2cc(-c3nc(C)cnc3C)ccc2O1. The molecule has 1 N–H and O–H groups in total. The molecular weight excluding hydrogens is 278 g/mol. The van der Waals surface area contributed by atoms with Crippen LogP contribution in [0.25, 0.3) is 11.3 Å². The van der Waals surface area contributed by atoms with E-state index < -0.39 is 0 Å². The number of ether oxygens (including phenoxy) is 1. The summed E-state index contributed by atoms with van der Waals surface area (Å²) in [5, 5.41) is 2.80. The highest BCUT2D eigenvalue weighted by Crippen LogP contribution is 2.33. The van der Waals surface area contributed by atoms with Gasteiger partial charge in [-0.2, -0.15) is 0 Å². The number of hydrogen-bond donors (Lipinski definition) is 1. The normalized spacial score (nSPS) is 16.0. The van der Waals surface area contributed by atoms with Gasteiger partial charge in [-0.3, -0.25) is 9.78 Å². The molecule has 2 aromatic rings. The van der Waals surface area contributed by atoms with Gasteiger partial charge in [0.05, 0.1) is 23.6 Å². The molecule has 0 saturated carbocycles. The maximum absolute atomic E-state index is 11.0. The highest BCUT2D eigenvalue weighted by Gasteiger charge is 2.23. The second kappa shape index (κ2) is 5.75. The number of aromatic nitrogens is 2. The third kappa shape index (κ3) is 2.93. The van der Waals surface area contributed by atoms with Crippen molar-refractivity contribution in [2.24, 2.45) is 0 Å². The number of amides is 1. The monoisotopic (exact) mass is 297 g/mol. The van der Waals surface area contributed by atoms with Crippen molar-refractivity contribution in [3.63, 3.8) is 0 Å². The number of nitrogens with zero attached hydrogens (tertiary/aromatic N) is 2. The van der Waals surface area contributed by atoms with Crippen molar-refractivity contribution in [2.75, 3.05) is 6.54 Å². The molecule has 1 aromatic heterocycles. The average molecular weight is 297 g/mol. The van der Waals surface area contributed by atoms with E-state index >= 15 is 0 Å². The minimum absolute atomic E-state index is 0.00107. The molecule has 1 aliphatic heterocycles. The van der Waals surface area contributed by atoms with E-state index in [1.807, 2.05) is 26.0 Å². The standard InChI is InChI=1S/C17H19N3O2/c1-10-8-18-11(2)17(20-10)13-4-5-16-14(6-13)7-15(22-16)9-19-12(3)21/h4-6,8,15H,7,9H2,1-3H3,(H,19,21). The van der Waals surface area contributed by atoms with Gasteiger partial charge >= 0.3 is 0 Å². The zero-order chi connectivity index (χ0) is 15.7. The summed E-state index contributed by atoms with van der Waals surface area (Å²) in [7, 11) is 0. The second-order valence-electron chi connectivity index (χ2n) is 5.65. The molecule has 3 rings (SSSR count). The van der Waals surface area contributed by atoms with E-state index in [4.69, 9.17) is 4.74 Å². The van der Waals surface area contributed by atoms with Crippen molar-refractivity contribution in [1.82, 2.24) is 15.3 Å². The van der Waals surface area contributed by atoms with Crippen LogP contribution in [0.1, 0.15) is 23.9 Å². The van der Waals surface area contributed by atoms with Crippen molar-refractivity contribution in [2.45, 2.75) is 33.3 Å². The molecular formula is C17H19N3O2. The Balaban J connectivity index is 1.83. The van der Waals surface area contributed by atoms with E-state index in [2.05, 4.69) is 21.4 Å². The van der Waals surface area contributed by atoms with E-state index in [1.165, 1.54) is 6.92 Å². The summed E-state index contributed by atoms with van der Waals surface area (Å²) in [5.74, 6) is 0.850. The molecule has 0 fully saturated rings. The van der Waals surface area contributed by atoms with Crippen LogP contribution in [0.2, 0.25) is 0 Å². The van der Waals surface area contributed by atoms with Crippen LogP contribution in [0.4, 0.5) is 0 Å². The predicted molar refractivity (Wildman–Crippen MR) is 83.7 cm³/mol. The summed E-state index contributed by atoms with van der Waals surface area (Å²) in [6, 6.07) is 6.09. The number of benzene rings is 1. The molecule has 0 spiro atoms. The minimum atomic E-state index is -0.0362. The first-order chi connectivity index (χ1) is 10.5. The number of carbonyl (C=O) groups excluding carboxylic acids is 1. The third-order valence-electron chi connectivity index (χ3n) is 3.73. The van der Waals surface area contributed by atoms with Gasteiger partial charge in [0.25, 0.3) is 0 Å². The van der Waals surface area contributed by atoms with Crippen LogP contribution in [0, 0.1) is 13.8 Å². The van der Waals surface area contributed by atoms with Crippen LogP contribution in [-0.2, 0) is 11.2 Å². The van der Waals surface area contributed by atoms with Crippen LogP contribution in [0.15, 0.2) is 24.4 Å². The molecule has 1 atom stereocenters. The van der Waals surface area contributed by atoms with Gasteiger partial charge in [-0.05, 0) is 37.6 Å². The highest BCUT2D eigenvalue weighted by atomic mass is 16.5. The van der Waals surface area contributed by atoms with Gasteiger partial charge in [-0.25, -0.2) is 4.98 Å². The molecule has 0 saturated heterocycles. The Bertz CT molecular complexity index is 728. The minimum Gasteiger partial charge on any atom is -0.488 e. The molecule has 1 aliphatic rings. The van der Waals surface area contributed by atoms with E-state index in [0.717, 1.165) is 40.4 Å². The fourth-order valence-electron chi connectivity index (χ4n) is 2.65. The molecule has 1 unspecified atom stereocenters. The number of rotatable bonds is 3. The Morgan fingerprint density at radius 1 is 1.41 bits per heavy atom. The van der Waals surface area contributed by atoms with E-state index in [0.29, 0.717) is 6.54 Å². The van der Waals surface area contributed by atoms with Crippen LogP contribution in [0.5, 0.6) is 5.75 Å². The fraction of sp³-hybridized carbons (Fsp3) is 0.353. The van der Waals surface area contributed by atoms with Gasteiger partial charge in [0.15, 0.2) is 0 Å². The van der Waals surface area contributed by atoms with Crippen LogP contribution in [0.3, 0.4) is 0 Å². The number of aryl methyl sites for hydroxylation is 2. The zero-order valence-corrected chi connectivity index (χ0v) is 13.0. The van der Waals surface area contributed by atoms with Gasteiger partial charge in [0.2, 0.25) is 5.91 Å². The van der Waals surface area contributed by atoms with E-state index in [9.17, 15) is 4.79 Å². The van der Waals surface area contributed by atoms with E-state index in [-0.39, 0.29) is 12.0 Å². The lowest BCUT2D eigenvalue weighted by atomic mass is 10.0. The number of carbonyl (C=O) groups is 1. The second-order valence-corrected chi connectivity index (χ2v) is 5.65. The van der Waals surface area contributed by atoms with Crippen LogP contribution in [-0.4, -0.2) is 28.5 Å². The maximum atomic E-state index is 11.0. The van der Waals surface area contributed by atoms with Gasteiger partial charge in [-0.15, -0.1) is 0 Å². The first kappa shape index (κ1) is 14.5. The molecule has 0 radical (unpaired) electrons. The first-order valence-corrected chi connectivity index (χ1v) is 7.37. The predicted octanol–water partition coefficient (Wildman–Crippen LogP) is 2.20. The van der Waals surface area contributed by atoms with Gasteiger partial charge in [-0.1, -0.05) is 0 Å². The van der Waals surface area contributed by atoms with Crippen molar-refractivity contribution < 1.29 is 9.53 Å². The summed E-state index contributed by atoms with van der Waals surface area (Å²) in [4.78, 5) is 20.0. The Kier molecular flexibility index (Phi) is 3.79. The fourth-order valence-corrected chi connectivity index (χ4v) is 2.65. The summed E-state index contributed by atoms with van der Waals surface area (Å²) in [6.07, 6.45) is 2.57. The van der Waals surface area contributed by atoms with E-state index in [1.54, 1.807) is 6.20 Å². The lowest BCUT2D eigenvalue weighted by molar-refractivity contribution is -0.119. The van der Waals surface area contributed by atoms with Gasteiger partial charge in [0, 0.05) is 25.1 Å². The molecule has 1 aromatic carbocycles. The Morgan fingerprint density at radius 3 is 3.00 bits per heavy atom. The molecule has 5 heteroatoms. The zero-order valence-electron chi connectivity index (χ0n) is 13.0. The highest BCUT2D eigenvalue weighted by molar-refractivity contribution is 5.72. The first-order valence-electron chi connectivity index (χ1n) is 7.37. The number of hydrogen-bond acceptors (Lipinski definition) is 4. The molecule has 0 aliphatic carbocycles. The third-order valence-corrected chi connectivity index (χ3v) is 3.73. The Hall–Kier alpha value is -2.43. The topological polar surface area (TPSA) is 64.1 Å². The Labute approximate surface area is 129 Å². The van der Waals surface area contributed by atoms with Crippen molar-refractivity contribution in [3.05, 3.63) is 41.3 Å². The van der Waals surface area contributed by atoms with Crippen LogP contribution < -0.4 is 10.1 Å². The number of nitrogens with one attached hydrogen (secondary N) is 1. The van der Waals surface area contributed by atoms with Crippen molar-refractivity contribution in [1.29, 1.82) is 0 Å². The largest absolute Gasteiger partial charge is 0.488 e. The molecule has 114 valence electrons. The van der Waals surface area contributed by atoms with Crippen molar-refractivity contribution in [3.8, 4) is 17.0 Å². The summed E-state index contributed by atoms with van der Waals surface area (Å²) < 4.78 is 5.85. The lowest BCUT2D eigenvalue weighted by Gasteiger charge is -2.10. The summed E-state index contributed by atoms with van der Waals surface area (Å²) in [5.41, 5.74) is 4.93. The Morgan fingerprint density at radius 2 is 2.23 bits per heavy atom. The van der Waals surface area contributed by atoms with Crippen molar-refractivity contribution >= 4 is 5.91 Å². The van der Waals surface area contributed by atoms with Gasteiger partial charge < -0.3 is 10.1 Å². The maximum Gasteiger partial charge on any atom is 0.217 e.